The molecule has 1 aromatic rings. The van der Waals surface area contributed by atoms with E-state index in [-0.39, 0.29) is 11.5 Å². The van der Waals surface area contributed by atoms with E-state index in [9.17, 15) is 0 Å². The molecule has 0 radical (unpaired) electrons. The van der Waals surface area contributed by atoms with Crippen molar-refractivity contribution >= 4 is 6.21 Å². The third kappa shape index (κ3) is 1.54. The molecule has 14 heavy (non-hydrogen) atoms. The summed E-state index contributed by atoms with van der Waals surface area (Å²) in [6.45, 7) is 1.93. The van der Waals surface area contributed by atoms with Gasteiger partial charge in [0, 0.05) is 6.21 Å². The summed E-state index contributed by atoms with van der Waals surface area (Å²) in [4.78, 5) is 4.38. The number of nitrogens with zero attached hydrogens (tertiary/aromatic N) is 2. The molecule has 0 saturated heterocycles. The summed E-state index contributed by atoms with van der Waals surface area (Å²) in [7, 11) is 0. The molecule has 1 aliphatic heterocycles. The third-order valence-corrected chi connectivity index (χ3v) is 2.60. The van der Waals surface area contributed by atoms with Crippen molar-refractivity contribution in [3.8, 4) is 6.07 Å². The number of aliphatic imine (C=N–C) groups is 1. The first-order chi connectivity index (χ1) is 6.73. The molecule has 0 N–H and O–H groups in total. The van der Waals surface area contributed by atoms with Crippen LogP contribution in [0, 0.1) is 16.7 Å². The first-order valence-electron chi connectivity index (χ1n) is 4.74. The van der Waals surface area contributed by atoms with Crippen molar-refractivity contribution in [3.63, 3.8) is 0 Å². The Bertz CT molecular complexity index is 389. The van der Waals surface area contributed by atoms with E-state index in [1.165, 1.54) is 5.56 Å². The van der Waals surface area contributed by atoms with Crippen molar-refractivity contribution in [2.75, 3.05) is 0 Å². The molecule has 2 atom stereocenters. The Hall–Kier alpha value is -1.62. The second-order valence-electron chi connectivity index (χ2n) is 3.94. The molecule has 0 aliphatic carbocycles. The van der Waals surface area contributed by atoms with Gasteiger partial charge in [-0.2, -0.15) is 5.26 Å². The smallest absolute Gasteiger partial charge is 0.0915 e. The molecule has 1 aliphatic rings. The van der Waals surface area contributed by atoms with Crippen molar-refractivity contribution in [1.82, 2.24) is 0 Å². The summed E-state index contributed by atoms with van der Waals surface area (Å²) in [5.41, 5.74) is 0.822. The lowest BCUT2D eigenvalue weighted by molar-refractivity contribution is 0.539. The van der Waals surface area contributed by atoms with Gasteiger partial charge in [0.25, 0.3) is 0 Å². The van der Waals surface area contributed by atoms with Crippen LogP contribution in [-0.4, -0.2) is 6.21 Å². The lowest BCUT2D eigenvalue weighted by atomic mass is 9.88. The van der Waals surface area contributed by atoms with Gasteiger partial charge >= 0.3 is 0 Å². The number of rotatable bonds is 1. The molecule has 0 saturated carbocycles. The maximum atomic E-state index is 8.95. The van der Waals surface area contributed by atoms with Gasteiger partial charge < -0.3 is 0 Å². The molecule has 0 bridgehead atoms. The first-order valence-corrected chi connectivity index (χ1v) is 4.74. The fourth-order valence-electron chi connectivity index (χ4n) is 1.72. The van der Waals surface area contributed by atoms with Crippen LogP contribution >= 0.6 is 0 Å². The number of nitriles is 1. The van der Waals surface area contributed by atoms with Crippen molar-refractivity contribution in [3.05, 3.63) is 35.9 Å². The van der Waals surface area contributed by atoms with Gasteiger partial charge in [-0.05, 0) is 18.9 Å². The molecule has 0 spiro atoms. The summed E-state index contributed by atoms with van der Waals surface area (Å²) in [6, 6.07) is 12.6. The highest BCUT2D eigenvalue weighted by Crippen LogP contribution is 2.36. The molecule has 1 heterocycles. The molecule has 0 amide bonds. The van der Waals surface area contributed by atoms with Crippen LogP contribution in [0.5, 0.6) is 0 Å². The average Bonchev–Trinajstić information content (AvgIpc) is 2.63. The second kappa shape index (κ2) is 3.26. The molecule has 2 nitrogen and oxygen atoms in total. The highest BCUT2D eigenvalue weighted by atomic mass is 14.8. The van der Waals surface area contributed by atoms with Crippen molar-refractivity contribution < 1.29 is 0 Å². The number of benzene rings is 1. The van der Waals surface area contributed by atoms with E-state index in [4.69, 9.17) is 5.26 Å². The Balaban J connectivity index is 2.20. The molecule has 2 heteroatoms. The van der Waals surface area contributed by atoms with Gasteiger partial charge in [0.05, 0.1) is 17.5 Å². The quantitative estimate of drug-likeness (QED) is 0.661. The summed E-state index contributed by atoms with van der Waals surface area (Å²) in [5, 5.41) is 8.95. The molecule has 0 aromatic heterocycles. The van der Waals surface area contributed by atoms with Crippen LogP contribution in [0.15, 0.2) is 35.3 Å². The minimum absolute atomic E-state index is 0.167. The van der Waals surface area contributed by atoms with E-state index in [0.29, 0.717) is 0 Å². The van der Waals surface area contributed by atoms with Gasteiger partial charge in [-0.1, -0.05) is 30.3 Å². The Labute approximate surface area is 83.9 Å². The van der Waals surface area contributed by atoms with Gasteiger partial charge in [0.2, 0.25) is 0 Å². The zero-order chi connectivity index (χ0) is 10.0. The minimum atomic E-state index is -0.374. The van der Waals surface area contributed by atoms with Gasteiger partial charge in [-0.15, -0.1) is 0 Å². The second-order valence-corrected chi connectivity index (χ2v) is 3.94. The van der Waals surface area contributed by atoms with E-state index in [1.54, 1.807) is 6.21 Å². The molecule has 2 rings (SSSR count). The van der Waals surface area contributed by atoms with Crippen molar-refractivity contribution in [2.24, 2.45) is 10.4 Å². The molecule has 0 fully saturated rings. The summed E-state index contributed by atoms with van der Waals surface area (Å²) >= 11 is 0. The van der Waals surface area contributed by atoms with Crippen LogP contribution < -0.4 is 0 Å². The Morgan fingerprint density at radius 1 is 1.43 bits per heavy atom. The SMILES string of the molecule is CC1(C#N)C=NC(c2ccccc2)C1. The molecular formula is C12H12N2. The zero-order valence-electron chi connectivity index (χ0n) is 8.14. The summed E-state index contributed by atoms with van der Waals surface area (Å²) in [6.07, 6.45) is 2.58. The summed E-state index contributed by atoms with van der Waals surface area (Å²) < 4.78 is 0. The van der Waals surface area contributed by atoms with Crippen LogP contribution in [0.3, 0.4) is 0 Å². The van der Waals surface area contributed by atoms with Gasteiger partial charge in [0.15, 0.2) is 0 Å². The van der Waals surface area contributed by atoms with Gasteiger partial charge in [-0.3, -0.25) is 4.99 Å². The normalized spacial score (nSPS) is 30.1. The third-order valence-electron chi connectivity index (χ3n) is 2.60. The molecular weight excluding hydrogens is 172 g/mol. The Kier molecular flexibility index (Phi) is 2.09. The van der Waals surface area contributed by atoms with Crippen LogP contribution in [-0.2, 0) is 0 Å². The van der Waals surface area contributed by atoms with Crippen LogP contribution in [0.4, 0.5) is 0 Å². The van der Waals surface area contributed by atoms with Crippen LogP contribution in [0.2, 0.25) is 0 Å². The van der Waals surface area contributed by atoms with E-state index >= 15 is 0 Å². The Morgan fingerprint density at radius 2 is 2.14 bits per heavy atom. The highest BCUT2D eigenvalue weighted by Gasteiger charge is 2.31. The predicted octanol–water partition coefficient (Wildman–Crippen LogP) is 2.73. The lowest BCUT2D eigenvalue weighted by Gasteiger charge is -2.12. The van der Waals surface area contributed by atoms with Crippen molar-refractivity contribution in [1.29, 1.82) is 5.26 Å². The predicted molar refractivity (Wildman–Crippen MR) is 56.0 cm³/mol. The molecule has 1 aromatic carbocycles. The molecule has 70 valence electrons. The number of hydrogen-bond acceptors (Lipinski definition) is 2. The van der Waals surface area contributed by atoms with Crippen LogP contribution in [0.1, 0.15) is 24.9 Å². The maximum absolute atomic E-state index is 8.95. The Morgan fingerprint density at radius 3 is 2.71 bits per heavy atom. The maximum Gasteiger partial charge on any atom is 0.0915 e. The number of hydrogen-bond donors (Lipinski definition) is 0. The topological polar surface area (TPSA) is 36.1 Å². The standard InChI is InChI=1S/C12H12N2/c1-12(8-13)7-11(14-9-12)10-5-3-2-4-6-10/h2-6,9,11H,7H2,1H3. The first kappa shape index (κ1) is 8.96. The fourth-order valence-corrected chi connectivity index (χ4v) is 1.72. The average molecular weight is 184 g/mol. The molecule has 2 unspecified atom stereocenters. The fraction of sp³-hybridized carbons (Fsp3) is 0.333. The van der Waals surface area contributed by atoms with Gasteiger partial charge in [0.1, 0.15) is 0 Å². The van der Waals surface area contributed by atoms with E-state index in [2.05, 4.69) is 23.2 Å². The van der Waals surface area contributed by atoms with E-state index in [0.717, 1.165) is 6.42 Å². The lowest BCUT2D eigenvalue weighted by Crippen LogP contribution is -2.11. The van der Waals surface area contributed by atoms with Crippen molar-refractivity contribution in [2.45, 2.75) is 19.4 Å². The minimum Gasteiger partial charge on any atom is -0.288 e. The van der Waals surface area contributed by atoms with E-state index < -0.39 is 0 Å². The van der Waals surface area contributed by atoms with Gasteiger partial charge in [-0.25, -0.2) is 0 Å². The van der Waals surface area contributed by atoms with E-state index in [1.807, 2.05) is 25.1 Å². The summed E-state index contributed by atoms with van der Waals surface area (Å²) in [5.74, 6) is 0. The largest absolute Gasteiger partial charge is 0.288 e. The highest BCUT2D eigenvalue weighted by molar-refractivity contribution is 5.72. The zero-order valence-corrected chi connectivity index (χ0v) is 8.14. The monoisotopic (exact) mass is 184 g/mol. The van der Waals surface area contributed by atoms with Crippen LogP contribution in [0.25, 0.3) is 0 Å².